The van der Waals surface area contributed by atoms with Crippen LogP contribution in [0.4, 0.5) is 14.6 Å². The number of anilines is 1. The van der Waals surface area contributed by atoms with E-state index in [1.807, 2.05) is 30.0 Å². The fraction of sp³-hybridized carbons (Fsp3) is 0.500. The number of halogens is 3. The van der Waals surface area contributed by atoms with Crippen LogP contribution in [-0.4, -0.2) is 54.7 Å². The molecule has 0 N–H and O–H groups in total. The molecule has 1 aromatic carbocycles. The van der Waals surface area contributed by atoms with E-state index in [0.29, 0.717) is 24.0 Å². The van der Waals surface area contributed by atoms with Gasteiger partial charge in [-0.3, -0.25) is 14.5 Å². The Hall–Kier alpha value is -2.65. The Kier molecular flexibility index (Phi) is 4.23. The van der Waals surface area contributed by atoms with Crippen molar-refractivity contribution in [3.8, 4) is 5.69 Å². The lowest BCUT2D eigenvalue weighted by molar-refractivity contribution is 0.0578. The van der Waals surface area contributed by atoms with Crippen molar-refractivity contribution in [3.63, 3.8) is 0 Å². The first kappa shape index (κ1) is 20.7. The van der Waals surface area contributed by atoms with E-state index in [9.17, 15) is 8.78 Å². The Labute approximate surface area is 200 Å². The van der Waals surface area contributed by atoms with Gasteiger partial charge in [0.1, 0.15) is 11.6 Å². The summed E-state index contributed by atoms with van der Waals surface area (Å²) >= 11 is 6.29. The molecule has 1 atom stereocenters. The second-order valence-corrected chi connectivity index (χ2v) is 10.8. The summed E-state index contributed by atoms with van der Waals surface area (Å²) in [6.07, 6.45) is 5.44. The maximum atomic E-state index is 13.9. The highest BCUT2D eigenvalue weighted by Crippen LogP contribution is 2.57. The molecule has 4 heterocycles. The summed E-state index contributed by atoms with van der Waals surface area (Å²) in [5, 5.41) is 9.67. The van der Waals surface area contributed by atoms with Gasteiger partial charge in [-0.15, -0.1) is 10.2 Å². The highest BCUT2D eigenvalue weighted by Gasteiger charge is 2.60. The van der Waals surface area contributed by atoms with Gasteiger partial charge < -0.3 is 4.90 Å². The second-order valence-electron chi connectivity index (χ2n) is 10.4. The highest BCUT2D eigenvalue weighted by atomic mass is 35.5. The van der Waals surface area contributed by atoms with Gasteiger partial charge in [-0.05, 0) is 43.5 Å². The van der Waals surface area contributed by atoms with E-state index < -0.39 is 12.0 Å². The molecule has 3 fully saturated rings. The van der Waals surface area contributed by atoms with Crippen LogP contribution in [0.3, 0.4) is 0 Å². The van der Waals surface area contributed by atoms with E-state index in [-0.39, 0.29) is 11.8 Å². The van der Waals surface area contributed by atoms with Crippen molar-refractivity contribution in [2.45, 2.75) is 57.2 Å². The summed E-state index contributed by atoms with van der Waals surface area (Å²) in [6.45, 7) is 4.73. The van der Waals surface area contributed by atoms with Gasteiger partial charge in [0.15, 0.2) is 5.82 Å². The number of fused-ring (bicyclic) bond motifs is 3. The molecular formula is C24H24ClF2N7. The van der Waals surface area contributed by atoms with E-state index in [1.165, 1.54) is 0 Å². The lowest BCUT2D eigenvalue weighted by atomic mass is 9.57. The van der Waals surface area contributed by atoms with Crippen molar-refractivity contribution in [2.24, 2.45) is 5.41 Å². The molecule has 0 bridgehead atoms. The Morgan fingerprint density at radius 1 is 1.03 bits per heavy atom. The molecule has 10 heteroatoms. The van der Waals surface area contributed by atoms with Crippen LogP contribution in [0.5, 0.6) is 0 Å². The van der Waals surface area contributed by atoms with Crippen molar-refractivity contribution >= 4 is 17.4 Å². The van der Waals surface area contributed by atoms with Gasteiger partial charge in [0.05, 0.1) is 24.0 Å². The van der Waals surface area contributed by atoms with Crippen LogP contribution in [0.25, 0.3) is 5.69 Å². The van der Waals surface area contributed by atoms with E-state index >= 15 is 0 Å². The summed E-state index contributed by atoms with van der Waals surface area (Å²) in [5.41, 5.74) is 3.13. The Morgan fingerprint density at radius 2 is 1.79 bits per heavy atom. The lowest BCUT2D eigenvalue weighted by Gasteiger charge is -2.59. The highest BCUT2D eigenvalue weighted by molar-refractivity contribution is 6.30. The van der Waals surface area contributed by atoms with Gasteiger partial charge in [-0.25, -0.2) is 13.8 Å². The van der Waals surface area contributed by atoms with Crippen LogP contribution in [-0.2, 0) is 13.1 Å². The predicted octanol–water partition coefficient (Wildman–Crippen LogP) is 4.13. The molecule has 0 amide bonds. The second kappa shape index (κ2) is 6.95. The number of hydrogen-bond acceptors (Lipinski definition) is 6. The average molecular weight is 484 g/mol. The minimum Gasteiger partial charge on any atom is -0.354 e. The zero-order valence-corrected chi connectivity index (χ0v) is 19.5. The van der Waals surface area contributed by atoms with Crippen LogP contribution >= 0.6 is 11.6 Å². The van der Waals surface area contributed by atoms with Crippen molar-refractivity contribution in [2.75, 3.05) is 18.0 Å². The van der Waals surface area contributed by atoms with Gasteiger partial charge in [-0.2, -0.15) is 0 Å². The van der Waals surface area contributed by atoms with Crippen LogP contribution in [0, 0.1) is 12.3 Å². The van der Waals surface area contributed by atoms with Gasteiger partial charge in [0.2, 0.25) is 0 Å². The molecule has 7 nitrogen and oxygen atoms in total. The molecular weight excluding hydrogens is 460 g/mol. The number of aromatic nitrogens is 5. The number of benzene rings is 1. The average Bonchev–Trinajstić information content (AvgIpc) is 3.25. The first-order valence-corrected chi connectivity index (χ1v) is 12.1. The first-order valence-electron chi connectivity index (χ1n) is 11.7. The van der Waals surface area contributed by atoms with Gasteiger partial charge in [0.25, 0.3) is 5.92 Å². The molecule has 3 aromatic rings. The summed E-state index contributed by atoms with van der Waals surface area (Å²) in [7, 11) is 0. The van der Waals surface area contributed by atoms with Gasteiger partial charge in [-0.1, -0.05) is 11.6 Å². The van der Waals surface area contributed by atoms with Crippen LogP contribution < -0.4 is 4.90 Å². The number of hydrogen-bond donors (Lipinski definition) is 0. The summed E-state index contributed by atoms with van der Waals surface area (Å²) < 4.78 is 30.0. The predicted molar refractivity (Wildman–Crippen MR) is 122 cm³/mol. The number of nitrogens with zero attached hydrogens (tertiary/aromatic N) is 7. The van der Waals surface area contributed by atoms with Crippen LogP contribution in [0.15, 0.2) is 30.6 Å². The third-order valence-electron chi connectivity index (χ3n) is 7.92. The molecule has 1 spiro atoms. The number of alkyl halides is 2. The largest absolute Gasteiger partial charge is 0.354 e. The van der Waals surface area contributed by atoms with Crippen LogP contribution in [0.1, 0.15) is 48.1 Å². The molecule has 2 saturated carbocycles. The Morgan fingerprint density at radius 3 is 2.53 bits per heavy atom. The molecule has 4 aliphatic rings. The topological polar surface area (TPSA) is 63.0 Å². The van der Waals surface area contributed by atoms with Crippen molar-refractivity contribution in [3.05, 3.63) is 58.5 Å². The molecule has 2 aliphatic heterocycles. The summed E-state index contributed by atoms with van der Waals surface area (Å²) in [4.78, 5) is 13.0. The van der Waals surface area contributed by atoms with Gasteiger partial charge in [0, 0.05) is 54.8 Å². The normalized spacial score (nSPS) is 24.7. The SMILES string of the molecule is Cc1nccnc1N1CC2(CC(c3nnc4n3-c3ccc(Cl)cc3CN(C3CC3(F)F)C4)C2)C1. The summed E-state index contributed by atoms with van der Waals surface area (Å²) in [5.74, 6) is 0.293. The van der Waals surface area contributed by atoms with E-state index in [0.717, 1.165) is 60.3 Å². The fourth-order valence-corrected chi connectivity index (χ4v) is 6.38. The molecule has 2 aliphatic carbocycles. The monoisotopic (exact) mass is 483 g/mol. The smallest absolute Gasteiger partial charge is 0.265 e. The fourth-order valence-electron chi connectivity index (χ4n) is 6.18. The van der Waals surface area contributed by atoms with E-state index in [4.69, 9.17) is 11.6 Å². The number of aryl methyl sites for hydroxylation is 1. The maximum Gasteiger partial charge on any atom is 0.265 e. The lowest BCUT2D eigenvalue weighted by Crippen LogP contribution is -2.62. The third-order valence-corrected chi connectivity index (χ3v) is 8.16. The molecule has 1 unspecified atom stereocenters. The van der Waals surface area contributed by atoms with E-state index in [2.05, 4.69) is 29.6 Å². The molecule has 176 valence electrons. The zero-order valence-electron chi connectivity index (χ0n) is 18.8. The molecule has 0 radical (unpaired) electrons. The van der Waals surface area contributed by atoms with Crippen LogP contribution in [0.2, 0.25) is 5.02 Å². The first-order chi connectivity index (χ1) is 16.3. The van der Waals surface area contributed by atoms with Crippen molar-refractivity contribution in [1.29, 1.82) is 0 Å². The Balaban J connectivity index is 1.15. The van der Waals surface area contributed by atoms with Gasteiger partial charge >= 0.3 is 0 Å². The minimum absolute atomic E-state index is 0.100. The number of rotatable bonds is 3. The molecule has 2 aromatic heterocycles. The maximum absolute atomic E-state index is 13.9. The molecule has 1 saturated heterocycles. The third kappa shape index (κ3) is 3.09. The quantitative estimate of drug-likeness (QED) is 0.558. The van der Waals surface area contributed by atoms with Crippen molar-refractivity contribution < 1.29 is 8.78 Å². The van der Waals surface area contributed by atoms with E-state index in [1.54, 1.807) is 12.4 Å². The Bertz CT molecular complexity index is 1290. The van der Waals surface area contributed by atoms with Crippen molar-refractivity contribution in [1.82, 2.24) is 29.6 Å². The molecule has 7 rings (SSSR count). The zero-order chi connectivity index (χ0) is 23.2. The standard InChI is InChI=1S/C24H24ClF2N7/c1-14-21(29-5-4-28-14)33-12-23(13-33)7-16(8-23)22-31-30-20-11-32(19-9-24(19,26)27)10-15-6-17(25)2-3-18(15)34(20)22/h2-6,16,19H,7-13H2,1H3. The minimum atomic E-state index is -2.63. The summed E-state index contributed by atoms with van der Waals surface area (Å²) in [6, 6.07) is 4.96. The molecule has 34 heavy (non-hydrogen) atoms.